The van der Waals surface area contributed by atoms with Crippen molar-refractivity contribution in [3.8, 4) is 11.5 Å². The van der Waals surface area contributed by atoms with E-state index in [1.807, 2.05) is 24.3 Å². The van der Waals surface area contributed by atoms with Crippen LogP contribution in [-0.4, -0.2) is 47.0 Å². The first-order chi connectivity index (χ1) is 9.22. The van der Waals surface area contributed by atoms with E-state index in [-0.39, 0.29) is 6.29 Å². The topological polar surface area (TPSA) is 24.9 Å². The Morgan fingerprint density at radius 3 is 2.37 bits per heavy atom. The molecule has 0 saturated carbocycles. The summed E-state index contributed by atoms with van der Waals surface area (Å²) in [5, 5.41) is 0. The molecular formula is C14H19IN2O2. The number of benzene rings is 1. The monoisotopic (exact) mass is 374 g/mol. The molecule has 4 nitrogen and oxygen atoms in total. The Bertz CT molecular complexity index is 410. The quantitative estimate of drug-likeness (QED) is 0.600. The second kappa shape index (κ2) is 5.85. The predicted molar refractivity (Wildman–Crippen MR) is 82.7 cm³/mol. The highest BCUT2D eigenvalue weighted by atomic mass is 127. The molecule has 0 amide bonds. The molecule has 5 heteroatoms. The van der Waals surface area contributed by atoms with E-state index < -0.39 is 0 Å². The van der Waals surface area contributed by atoms with E-state index in [4.69, 9.17) is 9.47 Å². The Kier molecular flexibility index (Phi) is 4.14. The maximum absolute atomic E-state index is 5.81. The van der Waals surface area contributed by atoms with Crippen LogP contribution in [0.4, 0.5) is 0 Å². The molecule has 0 N–H and O–H groups in total. The Labute approximate surface area is 128 Å². The maximum Gasteiger partial charge on any atom is 0.254 e. The molecular weight excluding hydrogens is 355 g/mol. The molecule has 2 heterocycles. The molecule has 0 radical (unpaired) electrons. The Morgan fingerprint density at radius 1 is 1.21 bits per heavy atom. The van der Waals surface area contributed by atoms with Crippen LogP contribution in [0.5, 0.6) is 11.5 Å². The third-order valence-electron chi connectivity index (χ3n) is 3.84. The zero-order chi connectivity index (χ0) is 13.2. The van der Waals surface area contributed by atoms with E-state index in [1.54, 1.807) is 0 Å². The second-order valence-electron chi connectivity index (χ2n) is 5.19. The van der Waals surface area contributed by atoms with Crippen LogP contribution in [0.1, 0.15) is 12.8 Å². The molecule has 19 heavy (non-hydrogen) atoms. The molecule has 1 fully saturated rings. The highest BCUT2D eigenvalue weighted by Gasteiger charge is 2.28. The summed E-state index contributed by atoms with van der Waals surface area (Å²) < 4.78 is 14.0. The first-order valence-electron chi connectivity index (χ1n) is 6.75. The average Bonchev–Trinajstić information content (AvgIpc) is 2.81. The first kappa shape index (κ1) is 13.5. The van der Waals surface area contributed by atoms with Crippen LogP contribution in [0.3, 0.4) is 0 Å². The van der Waals surface area contributed by atoms with Crippen LogP contribution >= 0.6 is 22.9 Å². The van der Waals surface area contributed by atoms with Gasteiger partial charge in [0.05, 0.1) is 6.54 Å². The number of para-hydroxylation sites is 2. The van der Waals surface area contributed by atoms with E-state index in [1.165, 1.54) is 25.9 Å². The predicted octanol–water partition coefficient (Wildman–Crippen LogP) is 2.53. The summed E-state index contributed by atoms with van der Waals surface area (Å²) in [5.74, 6) is 1.73. The number of halogens is 1. The number of rotatable bonds is 3. The van der Waals surface area contributed by atoms with Crippen molar-refractivity contribution in [2.75, 3.05) is 26.7 Å². The second-order valence-corrected chi connectivity index (χ2v) is 6.56. The Hall–Kier alpha value is -0.530. The van der Waals surface area contributed by atoms with Gasteiger partial charge in [0, 0.05) is 42.0 Å². The van der Waals surface area contributed by atoms with Crippen molar-refractivity contribution in [1.82, 2.24) is 8.01 Å². The summed E-state index contributed by atoms with van der Waals surface area (Å²) in [6.07, 6.45) is 2.28. The van der Waals surface area contributed by atoms with Gasteiger partial charge in [-0.05, 0) is 32.0 Å². The minimum atomic E-state index is -0.167. The van der Waals surface area contributed by atoms with Gasteiger partial charge in [-0.15, -0.1) is 0 Å². The largest absolute Gasteiger partial charge is 0.450 e. The maximum atomic E-state index is 5.81. The van der Waals surface area contributed by atoms with Crippen molar-refractivity contribution in [3.63, 3.8) is 0 Å². The third-order valence-corrected chi connectivity index (χ3v) is 4.80. The van der Waals surface area contributed by atoms with Gasteiger partial charge in [0.25, 0.3) is 6.29 Å². The van der Waals surface area contributed by atoms with Crippen LogP contribution in [0.2, 0.25) is 0 Å². The molecule has 0 atom stereocenters. The van der Waals surface area contributed by atoms with Gasteiger partial charge in [-0.3, -0.25) is 4.90 Å². The summed E-state index contributed by atoms with van der Waals surface area (Å²) in [7, 11) is 2.17. The highest BCUT2D eigenvalue weighted by molar-refractivity contribution is 14.1. The van der Waals surface area contributed by atoms with Gasteiger partial charge in [-0.25, -0.2) is 3.11 Å². The van der Waals surface area contributed by atoms with Crippen LogP contribution < -0.4 is 9.47 Å². The lowest BCUT2D eigenvalue weighted by Gasteiger charge is -2.34. The molecule has 104 valence electrons. The molecule has 0 bridgehead atoms. The van der Waals surface area contributed by atoms with Crippen molar-refractivity contribution in [3.05, 3.63) is 24.3 Å². The summed E-state index contributed by atoms with van der Waals surface area (Å²) in [6.45, 7) is 3.16. The lowest BCUT2D eigenvalue weighted by molar-refractivity contribution is 0.00609. The average molecular weight is 374 g/mol. The number of fused-ring (bicyclic) bond motifs is 1. The molecule has 1 aromatic carbocycles. The van der Waals surface area contributed by atoms with Crippen LogP contribution in [0.25, 0.3) is 0 Å². The van der Waals surface area contributed by atoms with E-state index in [0.29, 0.717) is 6.04 Å². The van der Waals surface area contributed by atoms with Crippen molar-refractivity contribution in [1.29, 1.82) is 0 Å². The minimum Gasteiger partial charge on any atom is -0.450 e. The van der Waals surface area contributed by atoms with Crippen molar-refractivity contribution < 1.29 is 9.47 Å². The summed E-state index contributed by atoms with van der Waals surface area (Å²) in [4.78, 5) is 2.38. The van der Waals surface area contributed by atoms with Gasteiger partial charge in [-0.2, -0.15) is 0 Å². The number of hydrogen-bond acceptors (Lipinski definition) is 4. The Balaban J connectivity index is 1.53. The molecule has 2 aliphatic heterocycles. The summed E-state index contributed by atoms with van der Waals surface area (Å²) in [5.41, 5.74) is 0. The van der Waals surface area contributed by atoms with Crippen LogP contribution in [-0.2, 0) is 0 Å². The number of likely N-dealkylation sites (N-methyl/N-ethyl adjacent to an activating group) is 1. The third kappa shape index (κ3) is 3.14. The fraction of sp³-hybridized carbons (Fsp3) is 0.571. The zero-order valence-electron chi connectivity index (χ0n) is 11.1. The van der Waals surface area contributed by atoms with E-state index >= 15 is 0 Å². The summed E-state index contributed by atoms with van der Waals surface area (Å²) >= 11 is 2.41. The zero-order valence-corrected chi connectivity index (χ0v) is 13.2. The van der Waals surface area contributed by atoms with Gasteiger partial charge in [0.1, 0.15) is 0 Å². The normalized spacial score (nSPS) is 21.2. The molecule has 0 aliphatic carbocycles. The number of piperidine rings is 1. The van der Waals surface area contributed by atoms with Crippen molar-refractivity contribution in [2.45, 2.75) is 25.2 Å². The van der Waals surface area contributed by atoms with E-state index in [0.717, 1.165) is 18.0 Å². The van der Waals surface area contributed by atoms with E-state index in [2.05, 4.69) is 37.9 Å². The lowest BCUT2D eigenvalue weighted by Crippen LogP contribution is -2.44. The van der Waals surface area contributed by atoms with Crippen LogP contribution in [0.15, 0.2) is 24.3 Å². The Morgan fingerprint density at radius 2 is 1.79 bits per heavy atom. The molecule has 0 aromatic heterocycles. The molecule has 1 aromatic rings. The smallest absolute Gasteiger partial charge is 0.254 e. The number of ether oxygens (including phenoxy) is 2. The molecule has 2 aliphatic rings. The lowest BCUT2D eigenvalue weighted by atomic mass is 10.1. The van der Waals surface area contributed by atoms with Crippen LogP contribution in [0, 0.1) is 0 Å². The molecule has 1 saturated heterocycles. The number of nitrogens with zero attached hydrogens (tertiary/aromatic N) is 2. The van der Waals surface area contributed by atoms with E-state index in [9.17, 15) is 0 Å². The van der Waals surface area contributed by atoms with Gasteiger partial charge < -0.3 is 9.47 Å². The van der Waals surface area contributed by atoms with Gasteiger partial charge in [0.2, 0.25) is 0 Å². The standard InChI is InChI=1S/C14H19IN2O2/c1-16(11-6-8-17(15)9-7-11)10-14-18-12-4-2-3-5-13(12)19-14/h2-5,11,14H,6-10H2,1H3. The van der Waals surface area contributed by atoms with Gasteiger partial charge in [-0.1, -0.05) is 12.1 Å². The fourth-order valence-corrected chi connectivity index (χ4v) is 3.24. The minimum absolute atomic E-state index is 0.167. The van der Waals surface area contributed by atoms with Crippen molar-refractivity contribution in [2.24, 2.45) is 0 Å². The van der Waals surface area contributed by atoms with Crippen molar-refractivity contribution >= 4 is 22.9 Å². The molecule has 0 unspecified atom stereocenters. The molecule has 3 rings (SSSR count). The highest BCUT2D eigenvalue weighted by Crippen LogP contribution is 2.34. The summed E-state index contributed by atoms with van der Waals surface area (Å²) in [6, 6.07) is 8.52. The molecule has 0 spiro atoms. The fourth-order valence-electron chi connectivity index (χ4n) is 2.69. The van der Waals surface area contributed by atoms with Gasteiger partial charge >= 0.3 is 0 Å². The first-order valence-corrected chi connectivity index (χ1v) is 7.72. The SMILES string of the molecule is CN(CC1Oc2ccccc2O1)C1CCN(I)CC1. The van der Waals surface area contributed by atoms with Gasteiger partial charge in [0.15, 0.2) is 11.5 Å². The number of hydrogen-bond donors (Lipinski definition) is 0.